The van der Waals surface area contributed by atoms with Gasteiger partial charge in [-0.15, -0.1) is 0 Å². The Morgan fingerprint density at radius 3 is 2.47 bits per heavy atom. The molecule has 3 rings (SSSR count). The second-order valence-electron chi connectivity index (χ2n) is 5.98. The number of aromatic amines is 1. The molecule has 1 aliphatic carbocycles. The van der Waals surface area contributed by atoms with Gasteiger partial charge in [0.1, 0.15) is 0 Å². The zero-order valence-electron chi connectivity index (χ0n) is 11.6. The van der Waals surface area contributed by atoms with Gasteiger partial charge in [-0.3, -0.25) is 9.89 Å². The third-order valence-corrected chi connectivity index (χ3v) is 4.65. The van der Waals surface area contributed by atoms with Crippen molar-refractivity contribution < 1.29 is 9.90 Å². The molecule has 1 aromatic rings. The van der Waals surface area contributed by atoms with Crippen LogP contribution in [0.2, 0.25) is 0 Å². The predicted octanol–water partition coefficient (Wildman–Crippen LogP) is 1.40. The Morgan fingerprint density at radius 1 is 1.37 bits per heavy atom. The van der Waals surface area contributed by atoms with E-state index in [1.165, 1.54) is 0 Å². The summed E-state index contributed by atoms with van der Waals surface area (Å²) in [6.45, 7) is 5.23. The molecule has 1 aromatic heterocycles. The third kappa shape index (κ3) is 2.16. The smallest absolute Gasteiger partial charge is 0.257 e. The molecule has 5 heteroatoms. The van der Waals surface area contributed by atoms with Crippen LogP contribution in [0.5, 0.6) is 0 Å². The maximum Gasteiger partial charge on any atom is 0.257 e. The fraction of sp³-hybridized carbons (Fsp3) is 0.714. The first-order valence-corrected chi connectivity index (χ1v) is 7.04. The number of piperidine rings is 1. The monoisotopic (exact) mass is 263 g/mol. The standard InChI is InChI=1S/C14H21N3O2/c1-9-12(10(2)16-15-9)13(18)17-7-3-11(4-8-17)14(19)5-6-14/h11,19H,3-8H2,1-2H3,(H,15,16). The van der Waals surface area contributed by atoms with Crippen molar-refractivity contribution in [2.75, 3.05) is 13.1 Å². The lowest BCUT2D eigenvalue weighted by molar-refractivity contribution is 0.0340. The Labute approximate surface area is 113 Å². The highest BCUT2D eigenvalue weighted by Gasteiger charge is 2.48. The van der Waals surface area contributed by atoms with E-state index in [0.29, 0.717) is 11.5 Å². The molecule has 0 unspecified atom stereocenters. The van der Waals surface area contributed by atoms with E-state index < -0.39 is 5.60 Å². The van der Waals surface area contributed by atoms with Gasteiger partial charge in [0, 0.05) is 18.8 Å². The van der Waals surface area contributed by atoms with Crippen LogP contribution in [0.1, 0.15) is 47.4 Å². The van der Waals surface area contributed by atoms with Crippen molar-refractivity contribution in [2.24, 2.45) is 5.92 Å². The summed E-state index contributed by atoms with van der Waals surface area (Å²) in [5, 5.41) is 17.1. The molecule has 1 aliphatic heterocycles. The molecule has 0 atom stereocenters. The van der Waals surface area contributed by atoms with Crippen LogP contribution in [0.3, 0.4) is 0 Å². The molecule has 0 radical (unpaired) electrons. The van der Waals surface area contributed by atoms with E-state index in [9.17, 15) is 9.90 Å². The number of carbonyl (C=O) groups is 1. The predicted molar refractivity (Wildman–Crippen MR) is 70.9 cm³/mol. The molecule has 0 aromatic carbocycles. The SMILES string of the molecule is Cc1n[nH]c(C)c1C(=O)N1CCC(C2(O)CC2)CC1. The largest absolute Gasteiger partial charge is 0.390 e. The molecule has 5 nitrogen and oxygen atoms in total. The summed E-state index contributed by atoms with van der Waals surface area (Å²) in [5.74, 6) is 0.452. The maximum absolute atomic E-state index is 12.5. The number of hydrogen-bond donors (Lipinski definition) is 2. The topological polar surface area (TPSA) is 69.2 Å². The molecule has 104 valence electrons. The van der Waals surface area contributed by atoms with Crippen molar-refractivity contribution in [3.05, 3.63) is 17.0 Å². The van der Waals surface area contributed by atoms with Crippen LogP contribution >= 0.6 is 0 Å². The van der Waals surface area contributed by atoms with E-state index in [0.717, 1.165) is 50.2 Å². The minimum Gasteiger partial charge on any atom is -0.390 e. The minimum absolute atomic E-state index is 0.0741. The van der Waals surface area contributed by atoms with Crippen LogP contribution in [-0.2, 0) is 0 Å². The van der Waals surface area contributed by atoms with Crippen LogP contribution in [-0.4, -0.2) is 44.8 Å². The number of aliphatic hydroxyl groups is 1. The summed E-state index contributed by atoms with van der Waals surface area (Å²) in [4.78, 5) is 14.4. The Morgan fingerprint density at radius 2 is 2.00 bits per heavy atom. The highest BCUT2D eigenvalue weighted by Crippen LogP contribution is 2.46. The Kier molecular flexibility index (Phi) is 2.89. The number of nitrogens with zero attached hydrogens (tertiary/aromatic N) is 2. The number of carbonyl (C=O) groups excluding carboxylic acids is 1. The zero-order chi connectivity index (χ0) is 13.6. The van der Waals surface area contributed by atoms with Crippen molar-refractivity contribution >= 4 is 5.91 Å². The average Bonchev–Trinajstić information content (AvgIpc) is 3.07. The first-order valence-electron chi connectivity index (χ1n) is 7.04. The number of aromatic nitrogens is 2. The molecule has 1 amide bonds. The summed E-state index contributed by atoms with van der Waals surface area (Å²) < 4.78 is 0. The molecular formula is C14H21N3O2. The Hall–Kier alpha value is -1.36. The summed E-state index contributed by atoms with van der Waals surface area (Å²) in [5.41, 5.74) is 1.91. The number of H-pyrrole nitrogens is 1. The van der Waals surface area contributed by atoms with Crippen LogP contribution < -0.4 is 0 Å². The second-order valence-corrected chi connectivity index (χ2v) is 5.98. The molecule has 19 heavy (non-hydrogen) atoms. The molecule has 2 heterocycles. The summed E-state index contributed by atoms with van der Waals surface area (Å²) in [6, 6.07) is 0. The Balaban J connectivity index is 1.67. The van der Waals surface area contributed by atoms with Gasteiger partial charge in [-0.25, -0.2) is 0 Å². The van der Waals surface area contributed by atoms with Gasteiger partial charge in [-0.2, -0.15) is 5.10 Å². The zero-order valence-corrected chi connectivity index (χ0v) is 11.6. The number of amides is 1. The van der Waals surface area contributed by atoms with Crippen molar-refractivity contribution in [2.45, 2.75) is 45.1 Å². The average molecular weight is 263 g/mol. The van der Waals surface area contributed by atoms with Gasteiger partial charge in [-0.1, -0.05) is 0 Å². The molecule has 0 spiro atoms. The normalized spacial score (nSPS) is 22.6. The highest BCUT2D eigenvalue weighted by molar-refractivity contribution is 5.96. The first kappa shape index (κ1) is 12.7. The number of rotatable bonds is 2. The number of nitrogens with one attached hydrogen (secondary N) is 1. The second kappa shape index (κ2) is 4.34. The number of aryl methyl sites for hydroxylation is 2. The van der Waals surface area contributed by atoms with E-state index in [1.54, 1.807) is 0 Å². The van der Waals surface area contributed by atoms with E-state index in [4.69, 9.17) is 0 Å². The molecule has 2 fully saturated rings. The lowest BCUT2D eigenvalue weighted by atomic mass is 9.89. The van der Waals surface area contributed by atoms with Gasteiger partial charge in [0.05, 0.1) is 16.9 Å². The van der Waals surface area contributed by atoms with Gasteiger partial charge in [0.25, 0.3) is 5.91 Å². The summed E-state index contributed by atoms with van der Waals surface area (Å²) >= 11 is 0. The minimum atomic E-state index is -0.406. The maximum atomic E-state index is 12.5. The van der Waals surface area contributed by atoms with E-state index >= 15 is 0 Å². The third-order valence-electron chi connectivity index (χ3n) is 4.65. The summed E-state index contributed by atoms with van der Waals surface area (Å²) in [7, 11) is 0. The lowest BCUT2D eigenvalue weighted by Crippen LogP contribution is -2.42. The van der Waals surface area contributed by atoms with Crippen LogP contribution in [0.15, 0.2) is 0 Å². The Bertz CT molecular complexity index is 477. The molecule has 1 saturated carbocycles. The molecular weight excluding hydrogens is 242 g/mol. The van der Waals surface area contributed by atoms with Gasteiger partial charge in [0.15, 0.2) is 0 Å². The summed E-state index contributed by atoms with van der Waals surface area (Å²) in [6.07, 6.45) is 3.70. The first-order chi connectivity index (χ1) is 9.01. The molecule has 2 aliphatic rings. The van der Waals surface area contributed by atoms with Gasteiger partial charge < -0.3 is 10.0 Å². The van der Waals surface area contributed by atoms with E-state index in [1.807, 2.05) is 18.7 Å². The van der Waals surface area contributed by atoms with Gasteiger partial charge in [-0.05, 0) is 45.4 Å². The van der Waals surface area contributed by atoms with Crippen molar-refractivity contribution in [3.8, 4) is 0 Å². The highest BCUT2D eigenvalue weighted by atomic mass is 16.3. The van der Waals surface area contributed by atoms with Crippen LogP contribution in [0.4, 0.5) is 0 Å². The van der Waals surface area contributed by atoms with Crippen molar-refractivity contribution in [3.63, 3.8) is 0 Å². The van der Waals surface area contributed by atoms with Crippen LogP contribution in [0.25, 0.3) is 0 Å². The number of likely N-dealkylation sites (tertiary alicyclic amines) is 1. The quantitative estimate of drug-likeness (QED) is 0.847. The molecule has 1 saturated heterocycles. The van der Waals surface area contributed by atoms with Crippen LogP contribution in [0, 0.1) is 19.8 Å². The fourth-order valence-electron chi connectivity index (χ4n) is 3.18. The van der Waals surface area contributed by atoms with Crippen molar-refractivity contribution in [1.29, 1.82) is 0 Å². The molecule has 0 bridgehead atoms. The van der Waals surface area contributed by atoms with Gasteiger partial charge >= 0.3 is 0 Å². The molecule has 2 N–H and O–H groups in total. The fourth-order valence-corrected chi connectivity index (χ4v) is 3.18. The van der Waals surface area contributed by atoms with Gasteiger partial charge in [0.2, 0.25) is 0 Å². The lowest BCUT2D eigenvalue weighted by Gasteiger charge is -2.34. The number of hydrogen-bond acceptors (Lipinski definition) is 3. The van der Waals surface area contributed by atoms with Crippen molar-refractivity contribution in [1.82, 2.24) is 15.1 Å². The van der Waals surface area contributed by atoms with E-state index in [-0.39, 0.29) is 5.91 Å². The van der Waals surface area contributed by atoms with E-state index in [2.05, 4.69) is 10.2 Å².